The molecule has 0 saturated carbocycles. The van der Waals surface area contributed by atoms with Gasteiger partial charge in [0.25, 0.3) is 10.0 Å². The second-order valence-corrected chi connectivity index (χ2v) is 4.12. The van der Waals surface area contributed by atoms with Crippen LogP contribution in [0.4, 0.5) is 0 Å². The summed E-state index contributed by atoms with van der Waals surface area (Å²) >= 11 is 0. The summed E-state index contributed by atoms with van der Waals surface area (Å²) in [4.78, 5) is 0. The van der Waals surface area contributed by atoms with E-state index >= 15 is 0 Å². The quantitative estimate of drug-likeness (QED) is 0.497. The molecule has 1 heterocycles. The van der Waals surface area contributed by atoms with Gasteiger partial charge in [0.15, 0.2) is 0 Å². The first kappa shape index (κ1) is 9.23. The largest absolute Gasteiger partial charge is 0.491 e. The van der Waals surface area contributed by atoms with Crippen LogP contribution in [0.5, 0.6) is 0 Å². The van der Waals surface area contributed by atoms with E-state index in [4.69, 9.17) is 10.0 Å². The average molecular weight is 190 g/mol. The van der Waals surface area contributed by atoms with E-state index in [2.05, 4.69) is 5.10 Å². The fourth-order valence-corrected chi connectivity index (χ4v) is 1.16. The van der Waals surface area contributed by atoms with Crippen LogP contribution in [0, 0.1) is 0 Å². The highest BCUT2D eigenvalue weighted by atomic mass is 32.2. The fraction of sp³-hybridized carbons (Fsp3) is 0.250. The molecular formula is C4H7BN2O4S. The lowest BCUT2D eigenvalue weighted by Crippen LogP contribution is -2.28. The molecule has 12 heavy (non-hydrogen) atoms. The second kappa shape index (κ2) is 2.89. The van der Waals surface area contributed by atoms with Gasteiger partial charge in [-0.15, -0.1) is 0 Å². The van der Waals surface area contributed by atoms with Gasteiger partial charge in [0.2, 0.25) is 0 Å². The predicted molar refractivity (Wildman–Crippen MR) is 42.3 cm³/mol. The molecule has 0 fully saturated rings. The van der Waals surface area contributed by atoms with Crippen LogP contribution in [0.3, 0.4) is 0 Å². The van der Waals surface area contributed by atoms with Crippen molar-refractivity contribution in [1.82, 2.24) is 9.19 Å². The Balaban J connectivity index is 3.09. The second-order valence-electron chi connectivity index (χ2n) is 2.28. The summed E-state index contributed by atoms with van der Waals surface area (Å²) in [5, 5.41) is 20.6. The Morgan fingerprint density at radius 3 is 2.42 bits per heavy atom. The van der Waals surface area contributed by atoms with Crippen molar-refractivity contribution in [1.29, 1.82) is 0 Å². The number of nitrogens with zero attached hydrogens (tertiary/aromatic N) is 2. The van der Waals surface area contributed by atoms with Crippen LogP contribution in [0.25, 0.3) is 0 Å². The minimum Gasteiger partial charge on any atom is -0.423 e. The Bertz CT molecular complexity index is 370. The van der Waals surface area contributed by atoms with Gasteiger partial charge in [-0.3, -0.25) is 0 Å². The van der Waals surface area contributed by atoms with Crippen molar-refractivity contribution < 1.29 is 18.5 Å². The van der Waals surface area contributed by atoms with E-state index in [9.17, 15) is 8.42 Å². The minimum absolute atomic E-state index is 0.0421. The number of hydrogen-bond acceptors (Lipinski definition) is 5. The van der Waals surface area contributed by atoms with Gasteiger partial charge >= 0.3 is 7.12 Å². The third-order valence-electron chi connectivity index (χ3n) is 1.22. The Labute approximate surface area is 69.6 Å². The summed E-state index contributed by atoms with van der Waals surface area (Å²) in [6, 6.07) is 0. The van der Waals surface area contributed by atoms with Crippen LogP contribution in [0.1, 0.15) is 0 Å². The van der Waals surface area contributed by atoms with Crippen molar-refractivity contribution >= 4 is 22.6 Å². The average Bonchev–Trinajstić information content (AvgIpc) is 2.30. The lowest BCUT2D eigenvalue weighted by atomic mass is 9.83. The summed E-state index contributed by atoms with van der Waals surface area (Å²) in [5.41, 5.74) is 0.0421. The summed E-state index contributed by atoms with van der Waals surface area (Å²) in [6.07, 6.45) is 3.08. The number of aromatic nitrogens is 2. The third-order valence-corrected chi connectivity index (χ3v) is 2.10. The molecule has 0 radical (unpaired) electrons. The summed E-state index contributed by atoms with van der Waals surface area (Å²) in [7, 11) is -5.13. The van der Waals surface area contributed by atoms with Crippen LogP contribution in [0.15, 0.2) is 12.4 Å². The van der Waals surface area contributed by atoms with Gasteiger partial charge in [-0.1, -0.05) is 0 Å². The van der Waals surface area contributed by atoms with Crippen LogP contribution in [-0.2, 0) is 10.0 Å². The van der Waals surface area contributed by atoms with Gasteiger partial charge in [-0.25, -0.2) is 8.42 Å². The highest BCUT2D eigenvalue weighted by molar-refractivity contribution is 7.89. The van der Waals surface area contributed by atoms with E-state index in [0.717, 1.165) is 18.6 Å². The zero-order valence-corrected chi connectivity index (χ0v) is 7.06. The van der Waals surface area contributed by atoms with E-state index in [1.165, 1.54) is 0 Å². The fourth-order valence-electron chi connectivity index (χ4n) is 0.632. The summed E-state index contributed by atoms with van der Waals surface area (Å²) in [6.45, 7) is 0. The maximum absolute atomic E-state index is 10.8. The van der Waals surface area contributed by atoms with Gasteiger partial charge in [-0.05, 0) is 0 Å². The number of hydrogen-bond donors (Lipinski definition) is 2. The Hall–Kier alpha value is -0.855. The zero-order valence-electron chi connectivity index (χ0n) is 6.25. The highest BCUT2D eigenvalue weighted by Gasteiger charge is 2.15. The van der Waals surface area contributed by atoms with Crippen LogP contribution >= 0.6 is 0 Å². The van der Waals surface area contributed by atoms with Crippen LogP contribution in [0.2, 0.25) is 0 Å². The summed E-state index contributed by atoms with van der Waals surface area (Å²) < 4.78 is 22.3. The number of rotatable bonds is 2. The first-order valence-electron chi connectivity index (χ1n) is 3.02. The summed E-state index contributed by atoms with van der Waals surface area (Å²) in [5.74, 6) is 0. The molecular weight excluding hydrogens is 183 g/mol. The molecule has 0 amide bonds. The smallest absolute Gasteiger partial charge is 0.423 e. The first-order chi connectivity index (χ1) is 5.41. The molecule has 0 aromatic carbocycles. The molecule has 8 heteroatoms. The van der Waals surface area contributed by atoms with Crippen molar-refractivity contribution in [3.8, 4) is 0 Å². The molecule has 0 aliphatic carbocycles. The molecule has 0 aliphatic heterocycles. The zero-order chi connectivity index (χ0) is 9.35. The molecule has 6 nitrogen and oxygen atoms in total. The molecule has 0 saturated heterocycles. The predicted octanol–water partition coefficient (Wildman–Crippen LogP) is -2.63. The Morgan fingerprint density at radius 1 is 1.58 bits per heavy atom. The van der Waals surface area contributed by atoms with Crippen molar-refractivity contribution in [2.24, 2.45) is 0 Å². The molecule has 0 aliphatic rings. The van der Waals surface area contributed by atoms with Crippen molar-refractivity contribution in [3.63, 3.8) is 0 Å². The lowest BCUT2D eigenvalue weighted by Gasteiger charge is -1.94. The van der Waals surface area contributed by atoms with Gasteiger partial charge in [0.1, 0.15) is 0 Å². The maximum atomic E-state index is 10.8. The minimum atomic E-state index is -3.43. The lowest BCUT2D eigenvalue weighted by molar-refractivity contribution is 0.426. The first-order valence-corrected chi connectivity index (χ1v) is 4.87. The van der Waals surface area contributed by atoms with Gasteiger partial charge in [-0.2, -0.15) is 9.19 Å². The third kappa shape index (κ3) is 1.84. The molecule has 1 rings (SSSR count). The highest BCUT2D eigenvalue weighted by Crippen LogP contribution is 1.88. The van der Waals surface area contributed by atoms with Gasteiger partial charge in [0, 0.05) is 17.9 Å². The van der Waals surface area contributed by atoms with Gasteiger partial charge in [0.05, 0.1) is 6.26 Å². The Kier molecular flexibility index (Phi) is 2.22. The SMILES string of the molecule is CS(=O)(=O)n1cc(B(O)O)cn1. The van der Waals surface area contributed by atoms with Crippen molar-refractivity contribution in [2.75, 3.05) is 6.26 Å². The Morgan fingerprint density at radius 2 is 2.17 bits per heavy atom. The standard InChI is InChI=1S/C4H7BN2O4S/c1-12(10,11)7-3-4(2-6-7)5(8)9/h2-3,8-9H,1H3. The van der Waals surface area contributed by atoms with Crippen LogP contribution < -0.4 is 5.46 Å². The molecule has 0 spiro atoms. The maximum Gasteiger partial charge on any atom is 0.491 e. The van der Waals surface area contributed by atoms with Crippen molar-refractivity contribution in [3.05, 3.63) is 12.4 Å². The van der Waals surface area contributed by atoms with E-state index in [0.29, 0.717) is 4.09 Å². The monoisotopic (exact) mass is 190 g/mol. The van der Waals surface area contributed by atoms with Crippen LogP contribution in [-0.4, -0.2) is 41.0 Å². The molecule has 0 bridgehead atoms. The van der Waals surface area contributed by atoms with E-state index in [-0.39, 0.29) is 5.46 Å². The van der Waals surface area contributed by atoms with Gasteiger partial charge < -0.3 is 10.0 Å². The normalized spacial score (nSPS) is 11.6. The molecule has 1 aromatic heterocycles. The molecule has 66 valence electrons. The van der Waals surface area contributed by atoms with E-state index in [1.54, 1.807) is 0 Å². The topological polar surface area (TPSA) is 92.4 Å². The van der Waals surface area contributed by atoms with E-state index in [1.807, 2.05) is 0 Å². The molecule has 1 aromatic rings. The van der Waals surface area contributed by atoms with Crippen molar-refractivity contribution in [2.45, 2.75) is 0 Å². The molecule has 2 N–H and O–H groups in total. The molecule has 0 atom stereocenters. The van der Waals surface area contributed by atoms with E-state index < -0.39 is 17.1 Å². The molecule has 0 unspecified atom stereocenters.